The molecule has 0 bridgehead atoms. The number of carbonyl (C=O) groups excluding carboxylic acids is 1. The molecule has 9 heteroatoms. The summed E-state index contributed by atoms with van der Waals surface area (Å²) >= 11 is 6.01. The first-order valence-corrected chi connectivity index (χ1v) is 12.6. The van der Waals surface area contributed by atoms with Crippen molar-refractivity contribution in [1.29, 1.82) is 0 Å². The Labute approximate surface area is 199 Å². The molecule has 33 heavy (non-hydrogen) atoms. The minimum Gasteiger partial charge on any atom is -0.468 e. The molecular weight excluding hydrogens is 462 g/mol. The summed E-state index contributed by atoms with van der Waals surface area (Å²) in [5, 5.41) is 3.38. The van der Waals surface area contributed by atoms with Crippen LogP contribution in [0.4, 0.5) is 5.69 Å². The quantitative estimate of drug-likeness (QED) is 0.511. The third kappa shape index (κ3) is 5.24. The predicted octanol–water partition coefficient (Wildman–Crippen LogP) is 4.33. The van der Waals surface area contributed by atoms with Gasteiger partial charge >= 0.3 is 0 Å². The van der Waals surface area contributed by atoms with Crippen molar-refractivity contribution in [1.82, 2.24) is 10.2 Å². The van der Waals surface area contributed by atoms with Crippen LogP contribution in [0, 0.1) is 0 Å². The standard InChI is InChI=1S/C24H26ClN3O4S/c1-27(20-9-5-8-19(25)16-20)33(30,31)21-10-4-7-18(15-21)24(29)26-17-22(23-11-6-14-32-23)28-12-2-3-13-28/h4-11,14-16,22H,2-3,12-13,17H2,1H3,(H,26,29). The molecule has 0 spiro atoms. The van der Waals surface area contributed by atoms with Crippen molar-refractivity contribution >= 4 is 33.2 Å². The van der Waals surface area contributed by atoms with E-state index in [0.717, 1.165) is 36.0 Å². The summed E-state index contributed by atoms with van der Waals surface area (Å²) in [6, 6.07) is 16.3. The molecule has 0 radical (unpaired) electrons. The summed E-state index contributed by atoms with van der Waals surface area (Å²) in [6.45, 7) is 2.27. The Hall–Kier alpha value is -2.81. The van der Waals surface area contributed by atoms with Gasteiger partial charge in [-0.15, -0.1) is 0 Å². The fourth-order valence-electron chi connectivity index (χ4n) is 4.00. The maximum Gasteiger partial charge on any atom is 0.264 e. The average Bonchev–Trinajstić information content (AvgIpc) is 3.54. The van der Waals surface area contributed by atoms with Gasteiger partial charge in [-0.1, -0.05) is 23.7 Å². The van der Waals surface area contributed by atoms with Crippen molar-refractivity contribution < 1.29 is 17.6 Å². The molecule has 1 aromatic heterocycles. The zero-order valence-electron chi connectivity index (χ0n) is 18.3. The number of carbonyl (C=O) groups is 1. The number of halogens is 1. The van der Waals surface area contributed by atoms with Crippen molar-refractivity contribution in [2.45, 2.75) is 23.8 Å². The highest BCUT2D eigenvalue weighted by Crippen LogP contribution is 2.26. The third-order valence-electron chi connectivity index (χ3n) is 5.84. The van der Waals surface area contributed by atoms with E-state index in [-0.39, 0.29) is 22.4 Å². The number of hydrogen-bond donors (Lipinski definition) is 1. The highest BCUT2D eigenvalue weighted by atomic mass is 35.5. The smallest absolute Gasteiger partial charge is 0.264 e. The molecule has 1 aliphatic heterocycles. The number of likely N-dealkylation sites (tertiary alicyclic amines) is 1. The maximum absolute atomic E-state index is 13.1. The van der Waals surface area contributed by atoms with Gasteiger partial charge in [-0.3, -0.25) is 14.0 Å². The van der Waals surface area contributed by atoms with E-state index in [9.17, 15) is 13.2 Å². The second-order valence-electron chi connectivity index (χ2n) is 7.96. The fraction of sp³-hybridized carbons (Fsp3) is 0.292. The van der Waals surface area contributed by atoms with Crippen LogP contribution in [0.1, 0.15) is 35.0 Å². The molecular formula is C24H26ClN3O4S. The Morgan fingerprint density at radius 3 is 2.58 bits per heavy atom. The zero-order chi connectivity index (χ0) is 23.4. The van der Waals surface area contributed by atoms with Gasteiger partial charge in [0.25, 0.3) is 15.9 Å². The maximum atomic E-state index is 13.1. The molecule has 0 aliphatic carbocycles. The summed E-state index contributed by atoms with van der Waals surface area (Å²) in [7, 11) is -2.42. The second kappa shape index (κ2) is 9.99. The molecule has 1 unspecified atom stereocenters. The third-order valence-corrected chi connectivity index (χ3v) is 7.85. The molecule has 2 aromatic carbocycles. The monoisotopic (exact) mass is 487 g/mol. The topological polar surface area (TPSA) is 82.9 Å². The van der Waals surface area contributed by atoms with Crippen molar-refractivity contribution in [3.63, 3.8) is 0 Å². The van der Waals surface area contributed by atoms with Crippen LogP contribution in [0.5, 0.6) is 0 Å². The van der Waals surface area contributed by atoms with E-state index in [4.69, 9.17) is 16.0 Å². The molecule has 1 aliphatic rings. The summed E-state index contributed by atoms with van der Waals surface area (Å²) in [5.41, 5.74) is 0.708. The van der Waals surface area contributed by atoms with Gasteiger partial charge < -0.3 is 9.73 Å². The Morgan fingerprint density at radius 2 is 1.88 bits per heavy atom. The molecule has 174 valence electrons. The molecule has 1 amide bonds. The minimum absolute atomic E-state index is 0.0275. The average molecular weight is 488 g/mol. The van der Waals surface area contributed by atoms with Crippen molar-refractivity contribution in [3.8, 4) is 0 Å². The van der Waals surface area contributed by atoms with E-state index in [1.165, 1.54) is 19.2 Å². The molecule has 0 saturated carbocycles. The number of nitrogens with one attached hydrogen (secondary N) is 1. The highest BCUT2D eigenvalue weighted by Gasteiger charge is 2.27. The van der Waals surface area contributed by atoms with Crippen LogP contribution >= 0.6 is 11.6 Å². The Balaban J connectivity index is 1.50. The van der Waals surface area contributed by atoms with Gasteiger partial charge in [-0.05, 0) is 74.5 Å². The van der Waals surface area contributed by atoms with Gasteiger partial charge in [0.15, 0.2) is 0 Å². The molecule has 2 heterocycles. The highest BCUT2D eigenvalue weighted by molar-refractivity contribution is 7.92. The van der Waals surface area contributed by atoms with E-state index in [1.807, 2.05) is 12.1 Å². The normalized spacial score (nSPS) is 15.3. The predicted molar refractivity (Wildman–Crippen MR) is 128 cm³/mol. The minimum atomic E-state index is -3.87. The lowest BCUT2D eigenvalue weighted by atomic mass is 10.1. The molecule has 1 atom stereocenters. The van der Waals surface area contributed by atoms with Crippen LogP contribution in [0.3, 0.4) is 0 Å². The second-order valence-corrected chi connectivity index (χ2v) is 10.4. The van der Waals surface area contributed by atoms with E-state index in [1.54, 1.807) is 42.7 Å². The van der Waals surface area contributed by atoms with Crippen LogP contribution in [0.2, 0.25) is 5.02 Å². The summed E-state index contributed by atoms with van der Waals surface area (Å²) in [6.07, 6.45) is 3.86. The lowest BCUT2D eigenvalue weighted by molar-refractivity contribution is 0.0933. The van der Waals surface area contributed by atoms with Gasteiger partial charge in [0.2, 0.25) is 0 Å². The van der Waals surface area contributed by atoms with Gasteiger partial charge in [-0.2, -0.15) is 0 Å². The first-order valence-electron chi connectivity index (χ1n) is 10.8. The molecule has 1 saturated heterocycles. The fourth-order valence-corrected chi connectivity index (χ4v) is 5.42. The number of anilines is 1. The Kier molecular flexibility index (Phi) is 7.07. The van der Waals surface area contributed by atoms with Gasteiger partial charge in [0.1, 0.15) is 5.76 Å². The number of sulfonamides is 1. The Bertz CT molecular complexity index is 1210. The summed E-state index contributed by atoms with van der Waals surface area (Å²) < 4.78 is 33.0. The van der Waals surface area contributed by atoms with Gasteiger partial charge in [0, 0.05) is 24.2 Å². The van der Waals surface area contributed by atoms with Crippen LogP contribution in [0.25, 0.3) is 0 Å². The van der Waals surface area contributed by atoms with E-state index < -0.39 is 10.0 Å². The zero-order valence-corrected chi connectivity index (χ0v) is 19.8. The number of amides is 1. The molecule has 1 fully saturated rings. The largest absolute Gasteiger partial charge is 0.468 e. The van der Waals surface area contributed by atoms with E-state index in [2.05, 4.69) is 10.2 Å². The lowest BCUT2D eigenvalue weighted by Crippen LogP contribution is -2.36. The molecule has 4 rings (SSSR count). The number of nitrogens with zero attached hydrogens (tertiary/aromatic N) is 2. The SMILES string of the molecule is CN(c1cccc(Cl)c1)S(=O)(=O)c1cccc(C(=O)NCC(c2ccco2)N2CCCC2)c1. The number of rotatable bonds is 8. The summed E-state index contributed by atoms with van der Waals surface area (Å²) in [4.78, 5) is 15.2. The molecule has 7 nitrogen and oxygen atoms in total. The van der Waals surface area contributed by atoms with Crippen LogP contribution < -0.4 is 9.62 Å². The number of furan rings is 1. The molecule has 3 aromatic rings. The van der Waals surface area contributed by atoms with Crippen molar-refractivity contribution in [3.05, 3.63) is 83.3 Å². The van der Waals surface area contributed by atoms with Crippen LogP contribution in [-0.2, 0) is 10.0 Å². The Morgan fingerprint density at radius 1 is 1.12 bits per heavy atom. The van der Waals surface area contributed by atoms with E-state index in [0.29, 0.717) is 17.3 Å². The van der Waals surface area contributed by atoms with Crippen molar-refractivity contribution in [2.75, 3.05) is 31.0 Å². The number of hydrogen-bond acceptors (Lipinski definition) is 5. The first-order chi connectivity index (χ1) is 15.9. The van der Waals surface area contributed by atoms with E-state index >= 15 is 0 Å². The lowest BCUT2D eigenvalue weighted by Gasteiger charge is -2.26. The number of benzene rings is 2. The van der Waals surface area contributed by atoms with Crippen molar-refractivity contribution in [2.24, 2.45) is 0 Å². The van der Waals surface area contributed by atoms with Gasteiger partial charge in [0.05, 0.1) is 22.9 Å². The molecule has 1 N–H and O–H groups in total. The van der Waals surface area contributed by atoms with Crippen LogP contribution in [-0.4, -0.2) is 45.9 Å². The first kappa shape index (κ1) is 23.4. The van der Waals surface area contributed by atoms with Gasteiger partial charge in [-0.25, -0.2) is 8.42 Å². The van der Waals surface area contributed by atoms with Crippen LogP contribution in [0.15, 0.2) is 76.2 Å². The summed E-state index contributed by atoms with van der Waals surface area (Å²) in [5.74, 6) is 0.463.